The number of amides is 1. The van der Waals surface area contributed by atoms with Crippen LogP contribution < -0.4 is 20.9 Å². The number of nitrogens with one attached hydrogen (secondary N) is 3. The predicted octanol–water partition coefficient (Wildman–Crippen LogP) is 3.69. The van der Waals surface area contributed by atoms with Crippen LogP contribution in [0, 0.1) is 10.1 Å². The fourth-order valence-corrected chi connectivity index (χ4v) is 2.49. The summed E-state index contributed by atoms with van der Waals surface area (Å²) >= 11 is 16.8. The van der Waals surface area contributed by atoms with Gasteiger partial charge in [-0.3, -0.25) is 25.8 Å². The van der Waals surface area contributed by atoms with Gasteiger partial charge < -0.3 is 10.1 Å². The van der Waals surface area contributed by atoms with Crippen LogP contribution in [0.2, 0.25) is 10.0 Å². The van der Waals surface area contributed by atoms with E-state index < -0.39 is 16.9 Å². The molecule has 0 saturated carbocycles. The van der Waals surface area contributed by atoms with E-state index in [0.717, 1.165) is 0 Å². The highest BCUT2D eigenvalue weighted by Gasteiger charge is 2.16. The van der Waals surface area contributed by atoms with Gasteiger partial charge in [0.2, 0.25) is 0 Å². The van der Waals surface area contributed by atoms with Crippen LogP contribution in [-0.4, -0.2) is 22.0 Å². The smallest absolute Gasteiger partial charge is 0.279 e. The van der Waals surface area contributed by atoms with Crippen LogP contribution >= 0.6 is 35.4 Å². The quantitative estimate of drug-likeness (QED) is 0.378. The number of ether oxygens (including phenoxy) is 1. The Hall–Kier alpha value is -2.62. The maximum atomic E-state index is 12.1. The average molecular weight is 429 g/mol. The van der Waals surface area contributed by atoms with Crippen molar-refractivity contribution >= 4 is 57.8 Å². The molecule has 0 unspecified atom stereocenters. The summed E-state index contributed by atoms with van der Waals surface area (Å²) in [5, 5.41) is 14.2. The molecule has 0 aliphatic heterocycles. The highest BCUT2D eigenvalue weighted by molar-refractivity contribution is 7.80. The van der Waals surface area contributed by atoms with E-state index in [1.54, 1.807) is 12.1 Å². The van der Waals surface area contributed by atoms with Crippen LogP contribution in [0.15, 0.2) is 42.5 Å². The lowest BCUT2D eigenvalue weighted by Crippen LogP contribution is -2.48. The van der Waals surface area contributed by atoms with Gasteiger partial charge >= 0.3 is 0 Å². The summed E-state index contributed by atoms with van der Waals surface area (Å²) in [6.45, 7) is 1.54. The molecule has 1 amide bonds. The molecule has 0 aliphatic carbocycles. The standard InChI is InChI=1S/C16H14Cl2N4O4S/c1-9(26-14-7-2-10(17)8-13(14)18)15(23)20-21-16(27)19-11-3-5-12(6-4-11)22(24)25/h2-9H,1H3,(H,20,23)(H2,19,21,27)/t9-/m1/s1. The maximum Gasteiger partial charge on any atom is 0.279 e. The first-order chi connectivity index (χ1) is 12.8. The van der Waals surface area contributed by atoms with Crippen LogP contribution in [0.3, 0.4) is 0 Å². The molecular weight excluding hydrogens is 415 g/mol. The second-order valence-corrected chi connectivity index (χ2v) is 6.46. The van der Waals surface area contributed by atoms with Gasteiger partial charge in [0, 0.05) is 22.8 Å². The lowest BCUT2D eigenvalue weighted by Gasteiger charge is -2.17. The predicted molar refractivity (Wildman–Crippen MR) is 107 cm³/mol. The van der Waals surface area contributed by atoms with Crippen LogP contribution in [-0.2, 0) is 4.79 Å². The Morgan fingerprint density at radius 1 is 1.19 bits per heavy atom. The fraction of sp³-hybridized carbons (Fsp3) is 0.125. The minimum absolute atomic E-state index is 0.0421. The Bertz CT molecular complexity index is 864. The second-order valence-electron chi connectivity index (χ2n) is 5.21. The number of carbonyl (C=O) groups excluding carboxylic acids is 1. The van der Waals surface area contributed by atoms with Gasteiger partial charge in [0.1, 0.15) is 5.75 Å². The van der Waals surface area contributed by atoms with Crippen LogP contribution in [0.5, 0.6) is 5.75 Å². The number of hydrogen-bond donors (Lipinski definition) is 3. The molecule has 2 aromatic rings. The van der Waals surface area contributed by atoms with Gasteiger partial charge in [0.05, 0.1) is 9.95 Å². The zero-order valence-electron chi connectivity index (χ0n) is 13.9. The molecule has 0 aromatic heterocycles. The third kappa shape index (κ3) is 6.24. The van der Waals surface area contributed by atoms with E-state index in [4.69, 9.17) is 40.2 Å². The number of non-ortho nitro benzene ring substituents is 1. The number of carbonyl (C=O) groups is 1. The van der Waals surface area contributed by atoms with Crippen LogP contribution in [0.4, 0.5) is 11.4 Å². The van der Waals surface area contributed by atoms with E-state index in [9.17, 15) is 14.9 Å². The van der Waals surface area contributed by atoms with Crippen molar-refractivity contribution in [2.75, 3.05) is 5.32 Å². The van der Waals surface area contributed by atoms with E-state index >= 15 is 0 Å². The first-order valence-electron chi connectivity index (χ1n) is 7.49. The molecule has 0 fully saturated rings. The van der Waals surface area contributed by atoms with Gasteiger partial charge in [-0.2, -0.15) is 0 Å². The molecule has 142 valence electrons. The number of thiocarbonyl (C=S) groups is 1. The number of hydrazine groups is 1. The zero-order valence-corrected chi connectivity index (χ0v) is 16.2. The number of rotatable bonds is 5. The van der Waals surface area contributed by atoms with Gasteiger partial charge in [0.15, 0.2) is 11.2 Å². The SMILES string of the molecule is C[C@@H](Oc1ccc(Cl)cc1Cl)C(=O)NNC(=S)Nc1ccc([N+](=O)[O-])cc1. The van der Waals surface area contributed by atoms with Crippen molar-refractivity contribution in [3.8, 4) is 5.75 Å². The largest absolute Gasteiger partial charge is 0.479 e. The molecule has 11 heteroatoms. The minimum atomic E-state index is -0.863. The van der Waals surface area contributed by atoms with Crippen LogP contribution in [0.1, 0.15) is 6.92 Å². The lowest BCUT2D eigenvalue weighted by atomic mass is 10.3. The van der Waals surface area contributed by atoms with Gasteiger partial charge in [-0.15, -0.1) is 0 Å². The number of nitro groups is 1. The van der Waals surface area contributed by atoms with Crippen LogP contribution in [0.25, 0.3) is 0 Å². The highest BCUT2D eigenvalue weighted by atomic mass is 35.5. The van der Waals surface area contributed by atoms with E-state index in [0.29, 0.717) is 16.5 Å². The third-order valence-electron chi connectivity index (χ3n) is 3.20. The van der Waals surface area contributed by atoms with Crippen molar-refractivity contribution in [2.24, 2.45) is 0 Å². The van der Waals surface area contributed by atoms with Gasteiger partial charge in [-0.1, -0.05) is 23.2 Å². The number of halogens is 2. The topological polar surface area (TPSA) is 106 Å². The van der Waals surface area contributed by atoms with E-state index in [-0.39, 0.29) is 15.8 Å². The number of benzene rings is 2. The molecule has 0 spiro atoms. The van der Waals surface area contributed by atoms with E-state index in [2.05, 4.69) is 16.2 Å². The Kier molecular flexibility index (Phi) is 7.17. The highest BCUT2D eigenvalue weighted by Crippen LogP contribution is 2.28. The molecule has 3 N–H and O–H groups in total. The Labute approximate surface area is 169 Å². The molecule has 0 bridgehead atoms. The molecule has 1 atom stereocenters. The molecule has 27 heavy (non-hydrogen) atoms. The number of anilines is 1. The molecule has 0 radical (unpaired) electrons. The maximum absolute atomic E-state index is 12.1. The first kappa shape index (κ1) is 20.7. The van der Waals surface area contributed by atoms with Crippen molar-refractivity contribution in [3.05, 3.63) is 62.6 Å². The summed E-state index contributed by atoms with van der Waals surface area (Å²) < 4.78 is 5.48. The first-order valence-corrected chi connectivity index (χ1v) is 8.65. The van der Waals surface area contributed by atoms with Crippen molar-refractivity contribution in [3.63, 3.8) is 0 Å². The normalized spacial score (nSPS) is 11.2. The molecule has 2 aromatic carbocycles. The average Bonchev–Trinajstić information content (AvgIpc) is 2.62. The third-order valence-corrected chi connectivity index (χ3v) is 3.94. The van der Waals surface area contributed by atoms with E-state index in [1.807, 2.05) is 0 Å². The molecule has 0 heterocycles. The summed E-state index contributed by atoms with van der Waals surface area (Å²) in [6, 6.07) is 10.3. The summed E-state index contributed by atoms with van der Waals surface area (Å²) in [4.78, 5) is 22.2. The van der Waals surface area contributed by atoms with E-state index in [1.165, 1.54) is 37.3 Å². The van der Waals surface area contributed by atoms with Gasteiger partial charge in [-0.05, 0) is 49.5 Å². The molecule has 0 aliphatic rings. The molecule has 8 nitrogen and oxygen atoms in total. The second kappa shape index (κ2) is 9.36. The van der Waals surface area contributed by atoms with Gasteiger partial charge in [0.25, 0.3) is 11.6 Å². The number of nitrogens with zero attached hydrogens (tertiary/aromatic N) is 1. The van der Waals surface area contributed by atoms with Crippen molar-refractivity contribution < 1.29 is 14.5 Å². The monoisotopic (exact) mass is 428 g/mol. The number of nitro benzene ring substituents is 1. The Morgan fingerprint density at radius 3 is 2.44 bits per heavy atom. The van der Waals surface area contributed by atoms with Crippen molar-refractivity contribution in [1.29, 1.82) is 0 Å². The minimum Gasteiger partial charge on any atom is -0.479 e. The molecule has 2 rings (SSSR count). The Balaban J connectivity index is 1.83. The number of hydrogen-bond acceptors (Lipinski definition) is 5. The van der Waals surface area contributed by atoms with Crippen molar-refractivity contribution in [2.45, 2.75) is 13.0 Å². The fourth-order valence-electron chi connectivity index (χ4n) is 1.86. The Morgan fingerprint density at radius 2 is 1.85 bits per heavy atom. The summed E-state index contributed by atoms with van der Waals surface area (Å²) in [6.07, 6.45) is -0.863. The summed E-state index contributed by atoms with van der Waals surface area (Å²) in [5.41, 5.74) is 5.38. The summed E-state index contributed by atoms with van der Waals surface area (Å²) in [7, 11) is 0. The lowest BCUT2D eigenvalue weighted by molar-refractivity contribution is -0.384. The van der Waals surface area contributed by atoms with Crippen molar-refractivity contribution in [1.82, 2.24) is 10.9 Å². The molecule has 0 saturated heterocycles. The summed E-state index contributed by atoms with van der Waals surface area (Å²) in [5.74, 6) is -0.177. The zero-order chi connectivity index (χ0) is 20.0. The van der Waals surface area contributed by atoms with Gasteiger partial charge in [-0.25, -0.2) is 0 Å². The molecular formula is C16H14Cl2N4O4S.